The van der Waals surface area contributed by atoms with Crippen LogP contribution in [0.5, 0.6) is 5.75 Å². The van der Waals surface area contributed by atoms with E-state index >= 15 is 0 Å². The molecule has 166 valence electrons. The molecule has 0 aliphatic carbocycles. The minimum absolute atomic E-state index is 0.187. The fraction of sp³-hybridized carbons (Fsp3) is 0.120. The van der Waals surface area contributed by atoms with Gasteiger partial charge in [-0.05, 0) is 60.1 Å². The number of nitrogens with zero attached hydrogens (tertiary/aromatic N) is 3. The third-order valence-corrected chi connectivity index (χ3v) is 5.19. The molecular weight excluding hydrogens is 418 g/mol. The van der Waals surface area contributed by atoms with Crippen molar-refractivity contribution in [3.8, 4) is 5.75 Å². The highest BCUT2D eigenvalue weighted by atomic mass is 16.5. The first-order valence-electron chi connectivity index (χ1n) is 10.4. The number of hydrogen-bond acceptors (Lipinski definition) is 6. The van der Waals surface area contributed by atoms with E-state index in [1.807, 2.05) is 66.1 Å². The number of nitrogens with two attached hydrogens (primary N) is 1. The van der Waals surface area contributed by atoms with E-state index in [0.717, 1.165) is 22.5 Å². The molecule has 4 aromatic rings. The van der Waals surface area contributed by atoms with Crippen molar-refractivity contribution in [2.75, 3.05) is 11.9 Å². The summed E-state index contributed by atoms with van der Waals surface area (Å²) in [5, 5.41) is 6.24. The number of imidazole rings is 1. The molecule has 8 nitrogen and oxygen atoms in total. The van der Waals surface area contributed by atoms with Crippen molar-refractivity contribution in [3.05, 3.63) is 94.9 Å². The van der Waals surface area contributed by atoms with Gasteiger partial charge in [0.2, 0.25) is 11.9 Å². The van der Waals surface area contributed by atoms with Crippen LogP contribution in [0.15, 0.2) is 78.5 Å². The Morgan fingerprint density at radius 2 is 1.79 bits per heavy atom. The highest BCUT2D eigenvalue weighted by Crippen LogP contribution is 2.26. The Labute approximate surface area is 190 Å². The predicted molar refractivity (Wildman–Crippen MR) is 130 cm³/mol. The molecule has 0 atom stereocenters. The first-order valence-corrected chi connectivity index (χ1v) is 10.4. The molecule has 0 spiro atoms. The van der Waals surface area contributed by atoms with Crippen LogP contribution in [0.1, 0.15) is 28.4 Å². The number of nitroso groups, excluding NO2 is 1. The molecule has 0 saturated carbocycles. The standard InChI is InChI=1S/C25H23N5O3/c1-3-33-21-11-9-20(10-12-21)27-25-28-22-14-19(24(26)31)8-13-23(22)30(25)15-17-4-6-18(7-5-17)16(2)29-32/h4-14H,2-3,15H2,1H3,(H2,26,31)(H,27,28). The van der Waals surface area contributed by atoms with E-state index in [0.29, 0.717) is 35.7 Å². The van der Waals surface area contributed by atoms with E-state index in [1.54, 1.807) is 12.1 Å². The van der Waals surface area contributed by atoms with Crippen molar-refractivity contribution < 1.29 is 9.53 Å². The maximum Gasteiger partial charge on any atom is 0.248 e. The molecule has 0 saturated heterocycles. The van der Waals surface area contributed by atoms with E-state index in [1.165, 1.54) is 0 Å². The van der Waals surface area contributed by atoms with Crippen LogP contribution >= 0.6 is 0 Å². The second-order valence-corrected chi connectivity index (χ2v) is 7.41. The number of ether oxygens (including phenoxy) is 1. The van der Waals surface area contributed by atoms with E-state index in [9.17, 15) is 9.70 Å². The number of rotatable bonds is 9. The molecule has 0 unspecified atom stereocenters. The van der Waals surface area contributed by atoms with Crippen LogP contribution in [0.25, 0.3) is 16.7 Å². The monoisotopic (exact) mass is 441 g/mol. The molecule has 0 fully saturated rings. The van der Waals surface area contributed by atoms with Crippen LogP contribution in [0.4, 0.5) is 11.6 Å². The lowest BCUT2D eigenvalue weighted by atomic mass is 10.1. The lowest BCUT2D eigenvalue weighted by molar-refractivity contribution is 0.100. The molecule has 8 heteroatoms. The smallest absolute Gasteiger partial charge is 0.248 e. The Morgan fingerprint density at radius 1 is 1.09 bits per heavy atom. The molecule has 3 N–H and O–H groups in total. The maximum atomic E-state index is 11.6. The zero-order chi connectivity index (χ0) is 23.4. The van der Waals surface area contributed by atoms with Gasteiger partial charge in [0.15, 0.2) is 0 Å². The largest absolute Gasteiger partial charge is 0.494 e. The first kappa shape index (κ1) is 21.8. The van der Waals surface area contributed by atoms with Crippen LogP contribution in [0.3, 0.4) is 0 Å². The molecule has 3 aromatic carbocycles. The van der Waals surface area contributed by atoms with Crippen molar-refractivity contribution in [1.82, 2.24) is 9.55 Å². The maximum absolute atomic E-state index is 11.6. The summed E-state index contributed by atoms with van der Waals surface area (Å²) in [7, 11) is 0. The number of aromatic nitrogens is 2. The summed E-state index contributed by atoms with van der Waals surface area (Å²) in [5.41, 5.74) is 10.0. The second-order valence-electron chi connectivity index (χ2n) is 7.41. The molecule has 1 heterocycles. The van der Waals surface area contributed by atoms with Crippen LogP contribution < -0.4 is 15.8 Å². The van der Waals surface area contributed by atoms with E-state index < -0.39 is 5.91 Å². The number of nitrogens with one attached hydrogen (secondary N) is 1. The van der Waals surface area contributed by atoms with E-state index in [2.05, 4.69) is 17.1 Å². The molecule has 0 aliphatic rings. The number of carbonyl (C=O) groups excluding carboxylic acids is 1. The predicted octanol–water partition coefficient (Wildman–Crippen LogP) is 5.06. The average Bonchev–Trinajstić information content (AvgIpc) is 3.16. The number of benzene rings is 3. The van der Waals surface area contributed by atoms with Crippen LogP contribution in [-0.2, 0) is 6.54 Å². The van der Waals surface area contributed by atoms with Gasteiger partial charge in [0, 0.05) is 16.8 Å². The number of amides is 1. The van der Waals surface area contributed by atoms with Gasteiger partial charge in [0.1, 0.15) is 11.4 Å². The Morgan fingerprint density at radius 3 is 2.42 bits per heavy atom. The Bertz CT molecular complexity index is 1320. The topological polar surface area (TPSA) is 112 Å². The fourth-order valence-corrected chi connectivity index (χ4v) is 3.51. The Kier molecular flexibility index (Phi) is 6.17. The average molecular weight is 441 g/mol. The van der Waals surface area contributed by atoms with E-state index in [-0.39, 0.29) is 5.70 Å². The minimum Gasteiger partial charge on any atom is -0.494 e. The van der Waals surface area contributed by atoms with Crippen molar-refractivity contribution in [1.29, 1.82) is 0 Å². The molecule has 0 aliphatic heterocycles. The van der Waals surface area contributed by atoms with Gasteiger partial charge >= 0.3 is 0 Å². The Balaban J connectivity index is 1.71. The van der Waals surface area contributed by atoms with Gasteiger partial charge in [0.05, 0.1) is 24.2 Å². The van der Waals surface area contributed by atoms with Gasteiger partial charge in [-0.25, -0.2) is 4.98 Å². The first-order chi connectivity index (χ1) is 16.0. The molecule has 33 heavy (non-hydrogen) atoms. The number of hydrogen-bond donors (Lipinski definition) is 2. The highest BCUT2D eigenvalue weighted by molar-refractivity contribution is 5.96. The number of carbonyl (C=O) groups is 1. The van der Waals surface area contributed by atoms with Crippen molar-refractivity contribution in [2.45, 2.75) is 13.5 Å². The van der Waals surface area contributed by atoms with Crippen molar-refractivity contribution in [2.24, 2.45) is 10.9 Å². The second kappa shape index (κ2) is 9.35. The zero-order valence-corrected chi connectivity index (χ0v) is 18.1. The summed E-state index contributed by atoms with van der Waals surface area (Å²) in [4.78, 5) is 27.1. The fourth-order valence-electron chi connectivity index (χ4n) is 3.51. The Hall–Kier alpha value is -4.46. The summed E-state index contributed by atoms with van der Waals surface area (Å²) in [6.07, 6.45) is 0. The summed E-state index contributed by atoms with van der Waals surface area (Å²) in [6.45, 7) is 6.68. The van der Waals surface area contributed by atoms with Gasteiger partial charge in [-0.1, -0.05) is 30.8 Å². The number of fused-ring (bicyclic) bond motifs is 1. The van der Waals surface area contributed by atoms with E-state index in [4.69, 9.17) is 15.5 Å². The minimum atomic E-state index is -0.507. The third kappa shape index (κ3) is 4.74. The van der Waals surface area contributed by atoms with Gasteiger partial charge < -0.3 is 20.4 Å². The van der Waals surface area contributed by atoms with Gasteiger partial charge in [-0.2, -0.15) is 0 Å². The molecule has 4 rings (SSSR count). The molecular formula is C25H23N5O3. The van der Waals surface area contributed by atoms with Gasteiger partial charge in [-0.3, -0.25) is 4.79 Å². The normalized spacial score (nSPS) is 10.7. The summed E-state index contributed by atoms with van der Waals surface area (Å²) < 4.78 is 7.52. The molecule has 0 radical (unpaired) electrons. The van der Waals surface area contributed by atoms with Crippen LogP contribution in [-0.4, -0.2) is 22.1 Å². The van der Waals surface area contributed by atoms with Gasteiger partial charge in [0.25, 0.3) is 0 Å². The highest BCUT2D eigenvalue weighted by Gasteiger charge is 2.14. The summed E-state index contributed by atoms with van der Waals surface area (Å²) in [6, 6.07) is 20.2. The lowest BCUT2D eigenvalue weighted by Gasteiger charge is -2.12. The number of anilines is 2. The van der Waals surface area contributed by atoms with Crippen LogP contribution in [0, 0.1) is 4.91 Å². The summed E-state index contributed by atoms with van der Waals surface area (Å²) in [5.74, 6) is 0.889. The SMILES string of the molecule is C=C(N=O)c1ccc(Cn2c(Nc3ccc(OCC)cc3)nc3cc(C(N)=O)ccc32)cc1. The molecule has 1 amide bonds. The van der Waals surface area contributed by atoms with Crippen molar-refractivity contribution >= 4 is 34.3 Å². The van der Waals surface area contributed by atoms with Crippen molar-refractivity contribution in [3.63, 3.8) is 0 Å². The zero-order valence-electron chi connectivity index (χ0n) is 18.1. The van der Waals surface area contributed by atoms with Crippen LogP contribution in [0.2, 0.25) is 0 Å². The molecule has 1 aromatic heterocycles. The quantitative estimate of drug-likeness (QED) is 0.353. The van der Waals surface area contributed by atoms with Gasteiger partial charge in [-0.15, -0.1) is 4.91 Å². The molecule has 0 bridgehead atoms. The lowest BCUT2D eigenvalue weighted by Crippen LogP contribution is -2.10. The summed E-state index contributed by atoms with van der Waals surface area (Å²) >= 11 is 0. The number of primary amides is 1. The third-order valence-electron chi connectivity index (χ3n) is 5.19.